The fraction of sp³-hybridized carbons (Fsp3) is 0.250. The van der Waals surface area contributed by atoms with Crippen molar-refractivity contribution in [1.82, 2.24) is 0 Å². The van der Waals surface area contributed by atoms with Crippen LogP contribution < -0.4 is 0 Å². The van der Waals surface area contributed by atoms with Gasteiger partial charge in [0, 0.05) is 19.3 Å². The molecule has 0 saturated carbocycles. The predicted molar refractivity (Wildman–Crippen MR) is 72.0 cm³/mol. The molecule has 0 N–H and O–H groups in total. The second kappa shape index (κ2) is 6.69. The normalized spacial score (nSPS) is 10.3. The van der Waals surface area contributed by atoms with Gasteiger partial charge in [-0.15, -0.1) is 0 Å². The summed E-state index contributed by atoms with van der Waals surface area (Å²) in [7, 11) is 0. The van der Waals surface area contributed by atoms with Crippen molar-refractivity contribution in [2.75, 3.05) is 0 Å². The second-order valence-electron chi connectivity index (χ2n) is 4.46. The summed E-state index contributed by atoms with van der Waals surface area (Å²) in [6.45, 7) is 0. The van der Waals surface area contributed by atoms with E-state index in [0.29, 0.717) is 31.4 Å². The van der Waals surface area contributed by atoms with Crippen molar-refractivity contribution >= 4 is 11.6 Å². The fourth-order valence-electron chi connectivity index (χ4n) is 1.92. The molecule has 0 aliphatic rings. The lowest BCUT2D eigenvalue weighted by Crippen LogP contribution is -2.04. The molecule has 0 spiro atoms. The topological polar surface area (TPSA) is 47.3 Å². The molecular formula is C16H16O3. The molecule has 3 nitrogen and oxygen atoms in total. The van der Waals surface area contributed by atoms with Gasteiger partial charge in [0.1, 0.15) is 5.78 Å². The zero-order valence-electron chi connectivity index (χ0n) is 10.7. The van der Waals surface area contributed by atoms with Crippen molar-refractivity contribution in [2.24, 2.45) is 0 Å². The highest BCUT2D eigenvalue weighted by Gasteiger charge is 2.10. The molecule has 2 aromatic rings. The highest BCUT2D eigenvalue weighted by molar-refractivity contribution is 5.93. The lowest BCUT2D eigenvalue weighted by Gasteiger charge is -2.01. The van der Waals surface area contributed by atoms with Crippen LogP contribution in [-0.4, -0.2) is 11.6 Å². The largest absolute Gasteiger partial charge is 0.461 e. The van der Waals surface area contributed by atoms with Crippen LogP contribution in [0.5, 0.6) is 0 Å². The van der Waals surface area contributed by atoms with E-state index < -0.39 is 0 Å². The summed E-state index contributed by atoms with van der Waals surface area (Å²) >= 11 is 0. The Labute approximate surface area is 112 Å². The van der Waals surface area contributed by atoms with Gasteiger partial charge in [0.15, 0.2) is 11.5 Å². The van der Waals surface area contributed by atoms with Crippen LogP contribution in [-0.2, 0) is 11.2 Å². The summed E-state index contributed by atoms with van der Waals surface area (Å²) in [5.74, 6) is 0.492. The second-order valence-corrected chi connectivity index (χ2v) is 4.46. The molecule has 98 valence electrons. The first-order chi connectivity index (χ1) is 9.25. The van der Waals surface area contributed by atoms with Crippen LogP contribution in [0.4, 0.5) is 0 Å². The molecule has 1 aromatic carbocycles. The number of carbonyl (C=O) groups excluding carboxylic acids is 2. The van der Waals surface area contributed by atoms with Crippen molar-refractivity contribution < 1.29 is 14.0 Å². The Morgan fingerprint density at radius 3 is 2.42 bits per heavy atom. The molecule has 0 amide bonds. The summed E-state index contributed by atoms with van der Waals surface area (Å²) in [5, 5.41) is 0. The first-order valence-electron chi connectivity index (χ1n) is 6.38. The van der Waals surface area contributed by atoms with Gasteiger partial charge in [0.05, 0.1) is 6.26 Å². The minimum atomic E-state index is -0.0440. The van der Waals surface area contributed by atoms with Crippen LogP contribution in [0.25, 0.3) is 0 Å². The third-order valence-corrected chi connectivity index (χ3v) is 2.90. The Bertz CT molecular complexity index is 526. The molecular weight excluding hydrogens is 240 g/mol. The highest BCUT2D eigenvalue weighted by atomic mass is 16.3. The van der Waals surface area contributed by atoms with E-state index in [-0.39, 0.29) is 11.6 Å². The molecule has 0 atom stereocenters. The van der Waals surface area contributed by atoms with E-state index in [1.54, 1.807) is 12.1 Å². The minimum Gasteiger partial charge on any atom is -0.461 e. The molecule has 0 aliphatic carbocycles. The Balaban J connectivity index is 1.71. The number of ketones is 2. The SMILES string of the molecule is O=C(CCCC(=O)c1ccco1)Cc1ccccc1. The van der Waals surface area contributed by atoms with Crippen molar-refractivity contribution in [1.29, 1.82) is 0 Å². The standard InChI is InChI=1S/C16H16O3/c17-14(12-13-6-2-1-3-7-13)8-4-9-15(18)16-10-5-11-19-16/h1-3,5-7,10-11H,4,8-9,12H2. The Kier molecular flexibility index (Phi) is 4.67. The Morgan fingerprint density at radius 2 is 1.74 bits per heavy atom. The third-order valence-electron chi connectivity index (χ3n) is 2.90. The van der Waals surface area contributed by atoms with Crippen molar-refractivity contribution in [3.05, 3.63) is 60.1 Å². The average Bonchev–Trinajstić information content (AvgIpc) is 2.93. The molecule has 0 fully saturated rings. The molecule has 3 heteroatoms. The first-order valence-corrected chi connectivity index (χ1v) is 6.38. The Morgan fingerprint density at radius 1 is 0.947 bits per heavy atom. The van der Waals surface area contributed by atoms with Crippen LogP contribution in [0, 0.1) is 0 Å². The number of carbonyl (C=O) groups is 2. The number of Topliss-reactive ketones (excluding diaryl/α,β-unsaturated/α-hetero) is 2. The molecule has 2 rings (SSSR count). The van der Waals surface area contributed by atoms with Gasteiger partial charge in [-0.25, -0.2) is 0 Å². The first kappa shape index (κ1) is 13.3. The zero-order chi connectivity index (χ0) is 13.5. The van der Waals surface area contributed by atoms with Crippen molar-refractivity contribution in [2.45, 2.75) is 25.7 Å². The molecule has 0 unspecified atom stereocenters. The van der Waals surface area contributed by atoms with Crippen molar-refractivity contribution in [3.63, 3.8) is 0 Å². The van der Waals surface area contributed by atoms with E-state index in [1.165, 1.54) is 6.26 Å². The van der Waals surface area contributed by atoms with Crippen LogP contribution in [0.2, 0.25) is 0 Å². The number of rotatable bonds is 7. The van der Waals surface area contributed by atoms with E-state index in [1.807, 2.05) is 30.3 Å². The summed E-state index contributed by atoms with van der Waals surface area (Å²) < 4.78 is 5.01. The van der Waals surface area contributed by atoms with Gasteiger partial charge >= 0.3 is 0 Å². The van der Waals surface area contributed by atoms with Crippen LogP contribution in [0.15, 0.2) is 53.1 Å². The maximum atomic E-state index is 11.7. The predicted octanol–water partition coefficient (Wildman–Crippen LogP) is 3.44. The quantitative estimate of drug-likeness (QED) is 0.713. The smallest absolute Gasteiger partial charge is 0.197 e. The molecule has 1 heterocycles. The molecule has 0 radical (unpaired) electrons. The third kappa shape index (κ3) is 4.21. The summed E-state index contributed by atoms with van der Waals surface area (Å²) in [6.07, 6.45) is 3.28. The number of benzene rings is 1. The maximum Gasteiger partial charge on any atom is 0.197 e. The fourth-order valence-corrected chi connectivity index (χ4v) is 1.92. The van der Waals surface area contributed by atoms with Crippen LogP contribution in [0.3, 0.4) is 0 Å². The van der Waals surface area contributed by atoms with Gasteiger partial charge in [0.2, 0.25) is 0 Å². The van der Waals surface area contributed by atoms with Gasteiger partial charge in [-0.2, -0.15) is 0 Å². The van der Waals surface area contributed by atoms with Crippen molar-refractivity contribution in [3.8, 4) is 0 Å². The molecule has 0 bridgehead atoms. The van der Waals surface area contributed by atoms with Crippen LogP contribution in [0.1, 0.15) is 35.4 Å². The van der Waals surface area contributed by atoms with Gasteiger partial charge in [-0.05, 0) is 24.1 Å². The number of furan rings is 1. The highest BCUT2D eigenvalue weighted by Crippen LogP contribution is 2.09. The van der Waals surface area contributed by atoms with E-state index in [9.17, 15) is 9.59 Å². The monoisotopic (exact) mass is 256 g/mol. The number of hydrogen-bond donors (Lipinski definition) is 0. The summed E-state index contributed by atoms with van der Waals surface area (Å²) in [5.41, 5.74) is 1.02. The van der Waals surface area contributed by atoms with E-state index in [4.69, 9.17) is 4.42 Å². The van der Waals surface area contributed by atoms with Gasteiger partial charge < -0.3 is 4.42 Å². The average molecular weight is 256 g/mol. The lowest BCUT2D eigenvalue weighted by molar-refractivity contribution is -0.118. The van der Waals surface area contributed by atoms with E-state index in [2.05, 4.69) is 0 Å². The molecule has 0 aliphatic heterocycles. The summed E-state index contributed by atoms with van der Waals surface area (Å²) in [4.78, 5) is 23.4. The van der Waals surface area contributed by atoms with E-state index >= 15 is 0 Å². The lowest BCUT2D eigenvalue weighted by atomic mass is 10.0. The molecule has 19 heavy (non-hydrogen) atoms. The molecule has 1 aromatic heterocycles. The number of hydrogen-bond acceptors (Lipinski definition) is 3. The Hall–Kier alpha value is -2.16. The van der Waals surface area contributed by atoms with Gasteiger partial charge in [-0.3, -0.25) is 9.59 Å². The minimum absolute atomic E-state index is 0.0440. The molecule has 0 saturated heterocycles. The van der Waals surface area contributed by atoms with Gasteiger partial charge in [0.25, 0.3) is 0 Å². The van der Waals surface area contributed by atoms with E-state index in [0.717, 1.165) is 5.56 Å². The zero-order valence-corrected chi connectivity index (χ0v) is 10.7. The maximum absolute atomic E-state index is 11.7. The summed E-state index contributed by atoms with van der Waals surface area (Å²) in [6, 6.07) is 13.0. The van der Waals surface area contributed by atoms with Crippen LogP contribution >= 0.6 is 0 Å². The van der Waals surface area contributed by atoms with Gasteiger partial charge in [-0.1, -0.05) is 30.3 Å².